The Labute approximate surface area is 190 Å². The minimum Gasteiger partial charge on any atom is -0.469 e. The number of aliphatic imine (C=N–C) groups is 1. The monoisotopic (exact) mass is 510 g/mol. The highest BCUT2D eigenvalue weighted by atomic mass is 127. The van der Waals surface area contributed by atoms with Crippen molar-refractivity contribution in [3.63, 3.8) is 0 Å². The standard InChI is InChI=1S/C22H30N4O2.HI/c1-17(2)16-25-22(24-13-11-20-9-6-14-28-20)23-12-10-18-7-5-8-19(15-18)21(27)26(3)4;/h5-9,14-15H,1,10-13,16H2,2-4H3,(H2,23,24,25);1H. The summed E-state index contributed by atoms with van der Waals surface area (Å²) in [4.78, 5) is 18.2. The number of benzene rings is 1. The first-order valence-electron chi connectivity index (χ1n) is 9.45. The maximum Gasteiger partial charge on any atom is 0.253 e. The summed E-state index contributed by atoms with van der Waals surface area (Å²) in [6.07, 6.45) is 3.26. The van der Waals surface area contributed by atoms with Crippen LogP contribution in [0.2, 0.25) is 0 Å². The summed E-state index contributed by atoms with van der Waals surface area (Å²) >= 11 is 0. The second-order valence-corrected chi connectivity index (χ2v) is 6.95. The van der Waals surface area contributed by atoms with E-state index in [4.69, 9.17) is 4.42 Å². The normalized spacial score (nSPS) is 10.8. The Morgan fingerprint density at radius 3 is 2.48 bits per heavy atom. The van der Waals surface area contributed by atoms with Crippen LogP contribution in [-0.2, 0) is 12.8 Å². The molecule has 7 heteroatoms. The van der Waals surface area contributed by atoms with Crippen molar-refractivity contribution in [2.45, 2.75) is 19.8 Å². The zero-order valence-corrected chi connectivity index (χ0v) is 19.7. The number of halogens is 1. The van der Waals surface area contributed by atoms with Gasteiger partial charge in [0.15, 0.2) is 5.96 Å². The van der Waals surface area contributed by atoms with Crippen LogP contribution < -0.4 is 10.6 Å². The van der Waals surface area contributed by atoms with Crippen molar-refractivity contribution in [3.05, 3.63) is 71.7 Å². The highest BCUT2D eigenvalue weighted by Crippen LogP contribution is 2.08. The fourth-order valence-corrected chi connectivity index (χ4v) is 2.59. The second-order valence-electron chi connectivity index (χ2n) is 6.95. The van der Waals surface area contributed by atoms with E-state index in [2.05, 4.69) is 22.2 Å². The summed E-state index contributed by atoms with van der Waals surface area (Å²) < 4.78 is 5.35. The van der Waals surface area contributed by atoms with E-state index in [1.165, 1.54) is 0 Å². The maximum absolute atomic E-state index is 12.1. The minimum absolute atomic E-state index is 0. The Hall–Kier alpha value is -2.29. The van der Waals surface area contributed by atoms with Gasteiger partial charge in [-0.2, -0.15) is 0 Å². The number of rotatable bonds is 9. The molecule has 0 bridgehead atoms. The van der Waals surface area contributed by atoms with Gasteiger partial charge in [-0.25, -0.2) is 4.99 Å². The molecular weight excluding hydrogens is 479 g/mol. The van der Waals surface area contributed by atoms with E-state index in [9.17, 15) is 4.79 Å². The molecule has 1 amide bonds. The number of guanidine groups is 1. The lowest BCUT2D eigenvalue weighted by Gasteiger charge is -2.13. The lowest BCUT2D eigenvalue weighted by molar-refractivity contribution is 0.0827. The summed E-state index contributed by atoms with van der Waals surface area (Å²) in [5.41, 5.74) is 2.81. The van der Waals surface area contributed by atoms with Crippen molar-refractivity contribution >= 4 is 35.8 Å². The first-order chi connectivity index (χ1) is 13.5. The molecule has 0 aliphatic carbocycles. The Bertz CT molecular complexity index is 801. The maximum atomic E-state index is 12.1. The van der Waals surface area contributed by atoms with Crippen LogP contribution in [0.4, 0.5) is 0 Å². The Morgan fingerprint density at radius 1 is 1.14 bits per heavy atom. The van der Waals surface area contributed by atoms with Crippen molar-refractivity contribution in [2.75, 3.05) is 33.7 Å². The summed E-state index contributed by atoms with van der Waals surface area (Å²) in [5.74, 6) is 1.70. The fraction of sp³-hybridized carbons (Fsp3) is 0.364. The number of hydrogen-bond donors (Lipinski definition) is 2. The van der Waals surface area contributed by atoms with Crippen molar-refractivity contribution < 1.29 is 9.21 Å². The van der Waals surface area contributed by atoms with E-state index in [-0.39, 0.29) is 29.9 Å². The Morgan fingerprint density at radius 2 is 1.86 bits per heavy atom. The van der Waals surface area contributed by atoms with Crippen molar-refractivity contribution in [3.8, 4) is 0 Å². The largest absolute Gasteiger partial charge is 0.469 e. The third kappa shape index (κ3) is 9.17. The van der Waals surface area contributed by atoms with E-state index in [1.807, 2.05) is 43.3 Å². The lowest BCUT2D eigenvalue weighted by Crippen LogP contribution is -2.39. The van der Waals surface area contributed by atoms with Crippen LogP contribution in [0.5, 0.6) is 0 Å². The minimum atomic E-state index is 0. The molecule has 0 atom stereocenters. The number of carbonyl (C=O) groups is 1. The fourth-order valence-electron chi connectivity index (χ4n) is 2.59. The summed E-state index contributed by atoms with van der Waals surface area (Å²) in [6, 6.07) is 11.6. The highest BCUT2D eigenvalue weighted by Gasteiger charge is 2.08. The quantitative estimate of drug-likeness (QED) is 0.235. The van der Waals surface area contributed by atoms with Crippen molar-refractivity contribution in [2.24, 2.45) is 4.99 Å². The van der Waals surface area contributed by atoms with Gasteiger partial charge in [-0.15, -0.1) is 24.0 Å². The van der Waals surface area contributed by atoms with Crippen LogP contribution in [0, 0.1) is 0 Å². The number of nitrogens with one attached hydrogen (secondary N) is 2. The summed E-state index contributed by atoms with van der Waals surface area (Å²) in [7, 11) is 3.52. The lowest BCUT2D eigenvalue weighted by atomic mass is 10.1. The third-order valence-electron chi connectivity index (χ3n) is 4.04. The van der Waals surface area contributed by atoms with Gasteiger partial charge in [0.05, 0.1) is 12.8 Å². The Balaban J connectivity index is 0.00000420. The molecule has 0 unspecified atom stereocenters. The van der Waals surface area contributed by atoms with Gasteiger partial charge in [0.25, 0.3) is 5.91 Å². The number of amides is 1. The molecule has 29 heavy (non-hydrogen) atoms. The molecule has 1 aromatic heterocycles. The van der Waals surface area contributed by atoms with Crippen LogP contribution in [-0.4, -0.2) is 50.5 Å². The van der Waals surface area contributed by atoms with E-state index in [1.54, 1.807) is 25.3 Å². The predicted octanol–water partition coefficient (Wildman–Crippen LogP) is 3.50. The number of nitrogens with zero attached hydrogens (tertiary/aromatic N) is 2. The summed E-state index contributed by atoms with van der Waals surface area (Å²) in [6.45, 7) is 7.87. The topological polar surface area (TPSA) is 69.9 Å². The van der Waals surface area contributed by atoms with Crippen LogP contribution >= 0.6 is 24.0 Å². The van der Waals surface area contributed by atoms with Gasteiger partial charge in [0.2, 0.25) is 0 Å². The molecule has 158 valence electrons. The van der Waals surface area contributed by atoms with E-state index >= 15 is 0 Å². The molecule has 0 aliphatic rings. The van der Waals surface area contributed by atoms with Gasteiger partial charge in [-0.1, -0.05) is 24.3 Å². The molecule has 0 saturated heterocycles. The zero-order chi connectivity index (χ0) is 20.4. The van der Waals surface area contributed by atoms with Crippen LogP contribution in [0.3, 0.4) is 0 Å². The average Bonchev–Trinajstić information content (AvgIpc) is 3.18. The highest BCUT2D eigenvalue weighted by molar-refractivity contribution is 14.0. The van der Waals surface area contributed by atoms with Gasteiger partial charge in [0, 0.05) is 39.2 Å². The molecule has 0 aliphatic heterocycles. The molecular formula is C22H31IN4O2. The Kier molecular flexibility index (Phi) is 11.1. The molecule has 1 heterocycles. The van der Waals surface area contributed by atoms with Gasteiger partial charge in [0.1, 0.15) is 5.76 Å². The van der Waals surface area contributed by atoms with Gasteiger partial charge in [-0.3, -0.25) is 4.79 Å². The van der Waals surface area contributed by atoms with Crippen LogP contribution in [0.1, 0.15) is 28.6 Å². The third-order valence-corrected chi connectivity index (χ3v) is 4.04. The molecule has 0 saturated carbocycles. The number of hydrogen-bond acceptors (Lipinski definition) is 3. The number of furan rings is 1. The molecule has 2 rings (SSSR count). The van der Waals surface area contributed by atoms with E-state index in [0.29, 0.717) is 18.7 Å². The predicted molar refractivity (Wildman–Crippen MR) is 129 cm³/mol. The molecule has 6 nitrogen and oxygen atoms in total. The molecule has 0 radical (unpaired) electrons. The first-order valence-corrected chi connectivity index (χ1v) is 9.45. The van der Waals surface area contributed by atoms with E-state index in [0.717, 1.165) is 42.2 Å². The van der Waals surface area contributed by atoms with E-state index < -0.39 is 0 Å². The molecule has 2 aromatic rings. The average molecular weight is 510 g/mol. The zero-order valence-electron chi connectivity index (χ0n) is 17.4. The van der Waals surface area contributed by atoms with Crippen LogP contribution in [0.15, 0.2) is 64.2 Å². The molecule has 0 spiro atoms. The van der Waals surface area contributed by atoms with Crippen molar-refractivity contribution in [1.82, 2.24) is 15.5 Å². The van der Waals surface area contributed by atoms with Gasteiger partial charge in [-0.05, 0) is 43.2 Å². The molecule has 2 N–H and O–H groups in total. The van der Waals surface area contributed by atoms with Gasteiger partial charge >= 0.3 is 0 Å². The number of carbonyl (C=O) groups excluding carboxylic acids is 1. The van der Waals surface area contributed by atoms with Gasteiger partial charge < -0.3 is 20.0 Å². The smallest absolute Gasteiger partial charge is 0.253 e. The SMILES string of the molecule is C=C(C)CN=C(NCCc1cccc(C(=O)N(C)C)c1)NCCc1ccco1.I. The van der Waals surface area contributed by atoms with Crippen molar-refractivity contribution in [1.29, 1.82) is 0 Å². The molecule has 0 fully saturated rings. The first kappa shape index (κ1) is 24.7. The second kappa shape index (κ2) is 13.0. The molecule has 1 aromatic carbocycles. The van der Waals surface area contributed by atoms with Crippen LogP contribution in [0.25, 0.3) is 0 Å². The summed E-state index contributed by atoms with van der Waals surface area (Å²) in [5, 5.41) is 6.67.